The quantitative estimate of drug-likeness (QED) is 0.422. The lowest BCUT2D eigenvalue weighted by molar-refractivity contribution is -0.528. The van der Waals surface area contributed by atoms with Gasteiger partial charge in [0.05, 0.1) is 6.42 Å². The number of nitro groups is 1. The number of esters is 1. The number of hydrogen-bond acceptors (Lipinski definition) is 4. The molecule has 0 bridgehead atoms. The van der Waals surface area contributed by atoms with Crippen molar-refractivity contribution in [2.24, 2.45) is 5.92 Å². The van der Waals surface area contributed by atoms with Crippen molar-refractivity contribution in [3.8, 4) is 0 Å². The van der Waals surface area contributed by atoms with Gasteiger partial charge < -0.3 is 4.74 Å². The van der Waals surface area contributed by atoms with E-state index in [1.807, 2.05) is 0 Å². The summed E-state index contributed by atoms with van der Waals surface area (Å²) in [6.07, 6.45) is 2.34. The van der Waals surface area contributed by atoms with Crippen molar-refractivity contribution in [1.82, 2.24) is 0 Å². The number of hydrogen-bond donors (Lipinski definition) is 0. The van der Waals surface area contributed by atoms with Crippen molar-refractivity contribution in [3.05, 3.63) is 10.1 Å². The first-order valence-corrected chi connectivity index (χ1v) is 5.65. The van der Waals surface area contributed by atoms with Gasteiger partial charge in [0.15, 0.2) is 0 Å². The molecule has 0 aromatic rings. The third kappa shape index (κ3) is 3.79. The Balaban J connectivity index is 2.47. The van der Waals surface area contributed by atoms with Gasteiger partial charge in [-0.05, 0) is 33.6 Å². The van der Waals surface area contributed by atoms with Crippen LogP contribution in [0.3, 0.4) is 0 Å². The van der Waals surface area contributed by atoms with Crippen LogP contribution in [-0.2, 0) is 9.53 Å². The van der Waals surface area contributed by atoms with Gasteiger partial charge in [-0.15, -0.1) is 0 Å². The SMILES string of the molecule is CC(C)(C)OC(=O)CC1CCCC1[N+](=O)[O-]. The topological polar surface area (TPSA) is 69.4 Å². The molecule has 0 spiro atoms. The van der Waals surface area contributed by atoms with E-state index in [0.717, 1.165) is 12.8 Å². The standard InChI is InChI=1S/C11H19NO4/c1-11(2,3)16-10(13)7-8-5-4-6-9(8)12(14)15/h8-9H,4-7H2,1-3H3. The number of ether oxygens (including phenoxy) is 1. The second-order valence-corrected chi connectivity index (χ2v) is 5.33. The molecule has 16 heavy (non-hydrogen) atoms. The highest BCUT2D eigenvalue weighted by atomic mass is 16.6. The monoisotopic (exact) mass is 229 g/mol. The molecule has 0 heterocycles. The minimum Gasteiger partial charge on any atom is -0.460 e. The van der Waals surface area contributed by atoms with Gasteiger partial charge >= 0.3 is 5.97 Å². The van der Waals surface area contributed by atoms with Gasteiger partial charge in [-0.2, -0.15) is 0 Å². The summed E-state index contributed by atoms with van der Waals surface area (Å²) in [6, 6.07) is -0.562. The van der Waals surface area contributed by atoms with Crippen molar-refractivity contribution in [2.45, 2.75) is 58.1 Å². The summed E-state index contributed by atoms with van der Waals surface area (Å²) in [6.45, 7) is 5.39. The van der Waals surface area contributed by atoms with E-state index in [0.29, 0.717) is 6.42 Å². The molecule has 0 aromatic carbocycles. The Morgan fingerprint density at radius 1 is 1.44 bits per heavy atom. The molecule has 0 saturated heterocycles. The maximum Gasteiger partial charge on any atom is 0.306 e. The maximum absolute atomic E-state index is 11.5. The Hall–Kier alpha value is -1.13. The first kappa shape index (κ1) is 12.9. The summed E-state index contributed by atoms with van der Waals surface area (Å²) in [5.41, 5.74) is -0.514. The highest BCUT2D eigenvalue weighted by molar-refractivity contribution is 5.70. The molecular formula is C11H19NO4. The first-order chi connectivity index (χ1) is 7.29. The van der Waals surface area contributed by atoms with E-state index in [2.05, 4.69) is 0 Å². The predicted octanol–water partition coefficient (Wildman–Crippen LogP) is 2.16. The number of carbonyl (C=O) groups is 1. The lowest BCUT2D eigenvalue weighted by Gasteiger charge is -2.21. The number of nitrogens with zero attached hydrogens (tertiary/aromatic N) is 1. The fraction of sp³-hybridized carbons (Fsp3) is 0.909. The molecule has 1 aliphatic carbocycles. The average molecular weight is 229 g/mol. The molecule has 2 atom stereocenters. The summed E-state index contributed by atoms with van der Waals surface area (Å²) >= 11 is 0. The Labute approximate surface area is 95.3 Å². The molecule has 5 heteroatoms. The van der Waals surface area contributed by atoms with Crippen LogP contribution in [0, 0.1) is 16.0 Å². The van der Waals surface area contributed by atoms with Gasteiger partial charge in [-0.25, -0.2) is 0 Å². The summed E-state index contributed by atoms with van der Waals surface area (Å²) in [4.78, 5) is 22.0. The Morgan fingerprint density at radius 3 is 2.56 bits per heavy atom. The van der Waals surface area contributed by atoms with Gasteiger partial charge in [0.25, 0.3) is 0 Å². The Kier molecular flexibility index (Phi) is 3.88. The van der Waals surface area contributed by atoms with E-state index in [9.17, 15) is 14.9 Å². The predicted molar refractivity (Wildman–Crippen MR) is 58.6 cm³/mol. The van der Waals surface area contributed by atoms with Crippen LogP contribution >= 0.6 is 0 Å². The van der Waals surface area contributed by atoms with Crippen molar-refractivity contribution in [3.63, 3.8) is 0 Å². The smallest absolute Gasteiger partial charge is 0.306 e. The largest absolute Gasteiger partial charge is 0.460 e. The second kappa shape index (κ2) is 4.80. The summed E-state index contributed by atoms with van der Waals surface area (Å²) < 4.78 is 5.17. The summed E-state index contributed by atoms with van der Waals surface area (Å²) in [5, 5.41) is 10.7. The van der Waals surface area contributed by atoms with Crippen molar-refractivity contribution < 1.29 is 14.5 Å². The van der Waals surface area contributed by atoms with E-state index in [1.54, 1.807) is 20.8 Å². The van der Waals surface area contributed by atoms with E-state index in [4.69, 9.17) is 4.74 Å². The molecule has 0 aromatic heterocycles. The lowest BCUT2D eigenvalue weighted by atomic mass is 10.00. The molecule has 1 saturated carbocycles. The Morgan fingerprint density at radius 2 is 2.06 bits per heavy atom. The highest BCUT2D eigenvalue weighted by Gasteiger charge is 2.38. The van der Waals surface area contributed by atoms with Crippen LogP contribution in [0.5, 0.6) is 0 Å². The van der Waals surface area contributed by atoms with E-state index in [-0.39, 0.29) is 23.2 Å². The second-order valence-electron chi connectivity index (χ2n) is 5.33. The summed E-state index contributed by atoms with van der Waals surface area (Å²) in [5.74, 6) is -0.476. The fourth-order valence-corrected chi connectivity index (χ4v) is 2.13. The molecule has 0 amide bonds. The zero-order chi connectivity index (χ0) is 12.3. The minimum absolute atomic E-state index is 0.148. The zero-order valence-corrected chi connectivity index (χ0v) is 10.1. The van der Waals surface area contributed by atoms with Crippen LogP contribution in [0.15, 0.2) is 0 Å². The van der Waals surface area contributed by atoms with E-state index < -0.39 is 11.6 Å². The Bertz CT molecular complexity index is 282. The third-order valence-corrected chi connectivity index (χ3v) is 2.74. The van der Waals surface area contributed by atoms with Crippen LogP contribution in [0.2, 0.25) is 0 Å². The molecule has 0 N–H and O–H groups in total. The first-order valence-electron chi connectivity index (χ1n) is 5.65. The molecule has 5 nitrogen and oxygen atoms in total. The molecule has 0 radical (unpaired) electrons. The maximum atomic E-state index is 11.5. The van der Waals surface area contributed by atoms with Gasteiger partial charge in [-0.1, -0.05) is 0 Å². The van der Waals surface area contributed by atoms with Gasteiger partial charge in [0.1, 0.15) is 5.60 Å². The van der Waals surface area contributed by atoms with Crippen LogP contribution in [0.25, 0.3) is 0 Å². The molecule has 2 unspecified atom stereocenters. The lowest BCUT2D eigenvalue weighted by Crippen LogP contribution is -2.29. The summed E-state index contributed by atoms with van der Waals surface area (Å²) in [7, 11) is 0. The highest BCUT2D eigenvalue weighted by Crippen LogP contribution is 2.31. The minimum atomic E-state index is -0.562. The van der Waals surface area contributed by atoms with Crippen LogP contribution in [0.1, 0.15) is 46.5 Å². The van der Waals surface area contributed by atoms with Gasteiger partial charge in [-0.3, -0.25) is 14.9 Å². The molecule has 1 aliphatic rings. The van der Waals surface area contributed by atoms with Crippen LogP contribution in [0.4, 0.5) is 0 Å². The van der Waals surface area contributed by atoms with Gasteiger partial charge in [0.2, 0.25) is 6.04 Å². The van der Waals surface area contributed by atoms with Crippen molar-refractivity contribution in [1.29, 1.82) is 0 Å². The molecular weight excluding hydrogens is 210 g/mol. The number of rotatable bonds is 3. The van der Waals surface area contributed by atoms with Crippen molar-refractivity contribution in [2.75, 3.05) is 0 Å². The van der Waals surface area contributed by atoms with Crippen LogP contribution in [-0.4, -0.2) is 22.5 Å². The van der Waals surface area contributed by atoms with E-state index >= 15 is 0 Å². The fourth-order valence-electron chi connectivity index (χ4n) is 2.13. The average Bonchev–Trinajstić information content (AvgIpc) is 2.47. The van der Waals surface area contributed by atoms with Crippen molar-refractivity contribution >= 4 is 5.97 Å². The van der Waals surface area contributed by atoms with E-state index in [1.165, 1.54) is 0 Å². The normalized spacial score (nSPS) is 25.4. The van der Waals surface area contributed by atoms with Gasteiger partial charge in [0, 0.05) is 17.3 Å². The molecule has 92 valence electrons. The molecule has 1 fully saturated rings. The number of carbonyl (C=O) groups excluding carboxylic acids is 1. The van der Waals surface area contributed by atoms with Crippen LogP contribution < -0.4 is 0 Å². The molecule has 0 aliphatic heterocycles. The zero-order valence-electron chi connectivity index (χ0n) is 10.1. The third-order valence-electron chi connectivity index (χ3n) is 2.74. The molecule has 1 rings (SSSR count).